The predicted octanol–water partition coefficient (Wildman–Crippen LogP) is -0.000400. The third kappa shape index (κ3) is 1.41. The average molecular weight is 159 g/mol. The zero-order valence-electron chi connectivity index (χ0n) is 6.95. The van der Waals surface area contributed by atoms with E-state index in [1.807, 2.05) is 6.92 Å². The second-order valence-corrected chi connectivity index (χ2v) is 3.43. The summed E-state index contributed by atoms with van der Waals surface area (Å²) in [5.74, 6) is 0. The van der Waals surface area contributed by atoms with E-state index in [2.05, 4.69) is 0 Å². The van der Waals surface area contributed by atoms with Gasteiger partial charge in [-0.1, -0.05) is 6.92 Å². The van der Waals surface area contributed by atoms with E-state index in [1.54, 1.807) is 0 Å². The summed E-state index contributed by atoms with van der Waals surface area (Å²) < 4.78 is 0. The summed E-state index contributed by atoms with van der Waals surface area (Å²) in [5, 5.41) is 19.0. The van der Waals surface area contributed by atoms with Gasteiger partial charge in [0, 0.05) is 0 Å². The Labute approximate surface area is 67.2 Å². The number of rotatable bonds is 1. The molecule has 0 spiro atoms. The Bertz CT molecular complexity index is 128. The number of aliphatic hydroxyl groups is 2. The monoisotopic (exact) mass is 159 g/mol. The van der Waals surface area contributed by atoms with E-state index in [0.29, 0.717) is 6.42 Å². The van der Waals surface area contributed by atoms with Gasteiger partial charge in [-0.15, -0.1) is 0 Å². The molecule has 66 valence electrons. The molecule has 0 bridgehead atoms. The fraction of sp³-hybridized carbons (Fsp3) is 1.00. The van der Waals surface area contributed by atoms with Gasteiger partial charge in [-0.05, 0) is 25.7 Å². The van der Waals surface area contributed by atoms with Gasteiger partial charge in [0.15, 0.2) is 0 Å². The number of aliphatic hydroxyl groups excluding tert-OH is 2. The van der Waals surface area contributed by atoms with E-state index in [0.717, 1.165) is 19.3 Å². The second kappa shape index (κ2) is 3.09. The summed E-state index contributed by atoms with van der Waals surface area (Å²) in [5.41, 5.74) is 5.09. The van der Waals surface area contributed by atoms with E-state index in [1.165, 1.54) is 0 Å². The second-order valence-electron chi connectivity index (χ2n) is 3.43. The van der Waals surface area contributed by atoms with Crippen LogP contribution in [0.5, 0.6) is 0 Å². The molecule has 0 aromatic carbocycles. The molecular formula is C8H17NO2. The molecule has 1 rings (SSSR count). The SMILES string of the molecule is CCC1(N)C(O)CCCC1O. The highest BCUT2D eigenvalue weighted by atomic mass is 16.3. The molecule has 1 aliphatic carbocycles. The average Bonchev–Trinajstić information content (AvgIpc) is 2.00. The van der Waals surface area contributed by atoms with Crippen LogP contribution in [0.15, 0.2) is 0 Å². The van der Waals surface area contributed by atoms with Crippen LogP contribution in [0.3, 0.4) is 0 Å². The fourth-order valence-electron chi connectivity index (χ4n) is 1.74. The lowest BCUT2D eigenvalue weighted by Gasteiger charge is -2.41. The minimum Gasteiger partial charge on any atom is -0.391 e. The van der Waals surface area contributed by atoms with Gasteiger partial charge in [0.05, 0.1) is 17.7 Å². The Morgan fingerprint density at radius 3 is 2.09 bits per heavy atom. The minimum absolute atomic E-state index is 0.531. The quantitative estimate of drug-likeness (QED) is 0.504. The molecule has 0 aliphatic heterocycles. The fourth-order valence-corrected chi connectivity index (χ4v) is 1.74. The molecule has 0 radical (unpaired) electrons. The first kappa shape index (κ1) is 8.97. The molecule has 0 aromatic rings. The van der Waals surface area contributed by atoms with Gasteiger partial charge in [0.1, 0.15) is 0 Å². The van der Waals surface area contributed by atoms with Gasteiger partial charge >= 0.3 is 0 Å². The zero-order valence-corrected chi connectivity index (χ0v) is 6.95. The lowest BCUT2D eigenvalue weighted by Crippen LogP contribution is -2.61. The molecule has 3 nitrogen and oxygen atoms in total. The van der Waals surface area contributed by atoms with Crippen LogP contribution in [0.1, 0.15) is 32.6 Å². The molecule has 3 heteroatoms. The van der Waals surface area contributed by atoms with Crippen LogP contribution < -0.4 is 5.73 Å². The normalized spacial score (nSPS) is 45.8. The Morgan fingerprint density at radius 2 is 1.82 bits per heavy atom. The van der Waals surface area contributed by atoms with Crippen LogP contribution in [0.4, 0.5) is 0 Å². The Balaban J connectivity index is 2.69. The Kier molecular flexibility index (Phi) is 2.52. The standard InChI is InChI=1S/C8H17NO2/c1-2-8(9)6(10)4-3-5-7(8)11/h6-7,10-11H,2-5,9H2,1H3. The van der Waals surface area contributed by atoms with Crippen molar-refractivity contribution in [2.75, 3.05) is 0 Å². The van der Waals surface area contributed by atoms with E-state index >= 15 is 0 Å². The van der Waals surface area contributed by atoms with Crippen molar-refractivity contribution in [1.82, 2.24) is 0 Å². The van der Waals surface area contributed by atoms with Crippen molar-refractivity contribution in [3.05, 3.63) is 0 Å². The van der Waals surface area contributed by atoms with Crippen molar-refractivity contribution in [2.45, 2.75) is 50.4 Å². The lowest BCUT2D eigenvalue weighted by atomic mass is 9.76. The molecule has 2 unspecified atom stereocenters. The van der Waals surface area contributed by atoms with Crippen molar-refractivity contribution >= 4 is 0 Å². The van der Waals surface area contributed by atoms with Gasteiger partial charge in [0.25, 0.3) is 0 Å². The van der Waals surface area contributed by atoms with Crippen molar-refractivity contribution in [3.63, 3.8) is 0 Å². The maximum Gasteiger partial charge on any atom is 0.0744 e. The first-order valence-electron chi connectivity index (χ1n) is 4.26. The molecule has 1 saturated carbocycles. The van der Waals surface area contributed by atoms with Crippen LogP contribution in [-0.2, 0) is 0 Å². The van der Waals surface area contributed by atoms with Crippen molar-refractivity contribution in [3.8, 4) is 0 Å². The largest absolute Gasteiger partial charge is 0.391 e. The van der Waals surface area contributed by atoms with Crippen LogP contribution in [0, 0.1) is 0 Å². The van der Waals surface area contributed by atoms with Crippen molar-refractivity contribution < 1.29 is 10.2 Å². The third-order valence-corrected chi connectivity index (χ3v) is 2.81. The van der Waals surface area contributed by atoms with Crippen LogP contribution >= 0.6 is 0 Å². The van der Waals surface area contributed by atoms with Gasteiger partial charge < -0.3 is 15.9 Å². The third-order valence-electron chi connectivity index (χ3n) is 2.81. The molecule has 0 aromatic heterocycles. The van der Waals surface area contributed by atoms with Crippen molar-refractivity contribution in [1.29, 1.82) is 0 Å². The van der Waals surface area contributed by atoms with E-state index in [4.69, 9.17) is 5.73 Å². The van der Waals surface area contributed by atoms with E-state index < -0.39 is 17.7 Å². The maximum atomic E-state index is 9.51. The molecule has 2 atom stereocenters. The molecule has 0 amide bonds. The van der Waals surface area contributed by atoms with Crippen LogP contribution in [0.25, 0.3) is 0 Å². The number of nitrogens with two attached hydrogens (primary N) is 1. The summed E-state index contributed by atoms with van der Waals surface area (Å²) in [6.45, 7) is 1.90. The summed E-state index contributed by atoms with van der Waals surface area (Å²) in [6, 6.07) is 0. The highest BCUT2D eigenvalue weighted by Crippen LogP contribution is 2.29. The predicted molar refractivity (Wildman–Crippen MR) is 43.1 cm³/mol. The molecule has 0 saturated heterocycles. The Morgan fingerprint density at radius 1 is 1.36 bits per heavy atom. The number of hydrogen-bond acceptors (Lipinski definition) is 3. The molecular weight excluding hydrogens is 142 g/mol. The Hall–Kier alpha value is -0.120. The molecule has 1 aliphatic rings. The molecule has 11 heavy (non-hydrogen) atoms. The maximum absolute atomic E-state index is 9.51. The summed E-state index contributed by atoms with van der Waals surface area (Å²) in [7, 11) is 0. The van der Waals surface area contributed by atoms with Gasteiger partial charge in [-0.2, -0.15) is 0 Å². The topological polar surface area (TPSA) is 66.5 Å². The molecule has 0 heterocycles. The van der Waals surface area contributed by atoms with Gasteiger partial charge in [-0.3, -0.25) is 0 Å². The summed E-state index contributed by atoms with van der Waals surface area (Å²) in [6.07, 6.45) is 1.90. The lowest BCUT2D eigenvalue weighted by molar-refractivity contribution is -0.0457. The highest BCUT2D eigenvalue weighted by Gasteiger charge is 2.41. The summed E-state index contributed by atoms with van der Waals surface area (Å²) >= 11 is 0. The van der Waals surface area contributed by atoms with E-state index in [9.17, 15) is 10.2 Å². The van der Waals surface area contributed by atoms with Crippen LogP contribution in [0.2, 0.25) is 0 Å². The molecule has 1 fully saturated rings. The highest BCUT2D eigenvalue weighted by molar-refractivity contribution is 4.99. The van der Waals surface area contributed by atoms with E-state index in [-0.39, 0.29) is 0 Å². The number of hydrogen-bond donors (Lipinski definition) is 3. The molecule has 4 N–H and O–H groups in total. The summed E-state index contributed by atoms with van der Waals surface area (Å²) in [4.78, 5) is 0. The zero-order chi connectivity index (χ0) is 8.48. The van der Waals surface area contributed by atoms with Gasteiger partial charge in [0.2, 0.25) is 0 Å². The van der Waals surface area contributed by atoms with Crippen LogP contribution in [-0.4, -0.2) is 28.0 Å². The minimum atomic E-state index is -0.752. The van der Waals surface area contributed by atoms with Gasteiger partial charge in [-0.25, -0.2) is 0 Å². The van der Waals surface area contributed by atoms with Crippen molar-refractivity contribution in [2.24, 2.45) is 5.73 Å². The first-order chi connectivity index (χ1) is 5.11. The first-order valence-corrected chi connectivity index (χ1v) is 4.26. The smallest absolute Gasteiger partial charge is 0.0744 e.